The Hall–Kier alpha value is -2.04. The molecule has 19 heavy (non-hydrogen) atoms. The highest BCUT2D eigenvalue weighted by Crippen LogP contribution is 2.16. The van der Waals surface area contributed by atoms with E-state index in [1.54, 1.807) is 6.07 Å². The van der Waals surface area contributed by atoms with Gasteiger partial charge in [0.15, 0.2) is 0 Å². The minimum atomic E-state index is -0.347. The normalized spacial score (nSPS) is 10.0. The molecular weight excluding hydrogens is 242 g/mol. The Morgan fingerprint density at radius 2 is 2.05 bits per heavy atom. The molecule has 4 N–H and O–H groups in total. The molecule has 0 unspecified atom stereocenters. The Bertz CT molecular complexity index is 458. The molecule has 0 radical (unpaired) electrons. The molecule has 1 rings (SSSR count). The summed E-state index contributed by atoms with van der Waals surface area (Å²) in [7, 11) is 0. The van der Waals surface area contributed by atoms with Crippen LogP contribution in [0.4, 0.5) is 5.69 Å². The van der Waals surface area contributed by atoms with Crippen molar-refractivity contribution < 1.29 is 9.59 Å². The molecule has 0 saturated carbocycles. The highest BCUT2D eigenvalue weighted by Gasteiger charge is 2.07. The zero-order chi connectivity index (χ0) is 14.3. The Morgan fingerprint density at radius 3 is 2.63 bits per heavy atom. The van der Waals surface area contributed by atoms with E-state index in [0.717, 1.165) is 17.8 Å². The first-order chi connectivity index (χ1) is 9.04. The van der Waals surface area contributed by atoms with Crippen molar-refractivity contribution in [2.24, 2.45) is 5.73 Å². The van der Waals surface area contributed by atoms with Crippen molar-refractivity contribution in [3.05, 3.63) is 29.3 Å². The smallest absolute Gasteiger partial charge is 0.251 e. The number of aryl methyl sites for hydroxylation is 1. The number of carbonyl (C=O) groups excluding carboxylic acids is 2. The molecule has 0 aliphatic heterocycles. The molecular formula is C14H21N3O2. The van der Waals surface area contributed by atoms with E-state index >= 15 is 0 Å². The van der Waals surface area contributed by atoms with Gasteiger partial charge in [-0.15, -0.1) is 0 Å². The van der Waals surface area contributed by atoms with E-state index in [1.165, 1.54) is 0 Å². The first-order valence-corrected chi connectivity index (χ1v) is 6.45. The van der Waals surface area contributed by atoms with Crippen LogP contribution in [0.1, 0.15) is 35.7 Å². The molecule has 2 amide bonds. The quantitative estimate of drug-likeness (QED) is 0.650. The third-order valence-electron chi connectivity index (χ3n) is 2.74. The lowest BCUT2D eigenvalue weighted by atomic mass is 10.1. The van der Waals surface area contributed by atoms with E-state index in [1.807, 2.05) is 26.0 Å². The molecule has 0 aromatic heterocycles. The molecule has 1 aromatic carbocycles. The number of primary amides is 1. The minimum absolute atomic E-state index is 0.129. The van der Waals surface area contributed by atoms with Gasteiger partial charge in [-0.2, -0.15) is 0 Å². The van der Waals surface area contributed by atoms with Gasteiger partial charge in [-0.1, -0.05) is 0 Å². The van der Waals surface area contributed by atoms with Gasteiger partial charge in [0.2, 0.25) is 5.91 Å². The fraction of sp³-hybridized carbons (Fsp3) is 0.429. The molecule has 0 aliphatic carbocycles. The van der Waals surface area contributed by atoms with Crippen molar-refractivity contribution in [1.29, 1.82) is 0 Å². The number of benzene rings is 1. The van der Waals surface area contributed by atoms with E-state index < -0.39 is 0 Å². The fourth-order valence-corrected chi connectivity index (χ4v) is 1.76. The van der Waals surface area contributed by atoms with Gasteiger partial charge < -0.3 is 16.4 Å². The Balaban J connectivity index is 2.53. The molecule has 5 heteroatoms. The molecule has 0 fully saturated rings. The summed E-state index contributed by atoms with van der Waals surface area (Å²) in [5.74, 6) is -0.476. The van der Waals surface area contributed by atoms with Gasteiger partial charge in [0.05, 0.1) is 0 Å². The lowest BCUT2D eigenvalue weighted by Gasteiger charge is -2.10. The van der Waals surface area contributed by atoms with Crippen LogP contribution in [0, 0.1) is 6.92 Å². The van der Waals surface area contributed by atoms with Gasteiger partial charge in [-0.3, -0.25) is 9.59 Å². The summed E-state index contributed by atoms with van der Waals surface area (Å²) in [5, 5.41) is 5.99. The first-order valence-electron chi connectivity index (χ1n) is 6.45. The van der Waals surface area contributed by atoms with Crippen LogP contribution in [-0.4, -0.2) is 24.9 Å². The van der Waals surface area contributed by atoms with Crippen molar-refractivity contribution in [3.63, 3.8) is 0 Å². The van der Waals surface area contributed by atoms with Crippen molar-refractivity contribution in [2.45, 2.75) is 26.7 Å². The molecule has 0 bridgehead atoms. The maximum Gasteiger partial charge on any atom is 0.251 e. The largest absolute Gasteiger partial charge is 0.385 e. The van der Waals surface area contributed by atoms with Crippen molar-refractivity contribution in [2.75, 3.05) is 18.4 Å². The van der Waals surface area contributed by atoms with Crippen LogP contribution < -0.4 is 16.4 Å². The molecule has 0 saturated heterocycles. The van der Waals surface area contributed by atoms with E-state index in [9.17, 15) is 9.59 Å². The number of anilines is 1. The standard InChI is InChI=1S/C14H21N3O2/c1-3-16-12-7-6-11(9-10(12)2)14(19)17-8-4-5-13(15)18/h6-7,9,16H,3-5,8H2,1-2H3,(H2,15,18)(H,17,19). The maximum atomic E-state index is 11.9. The Labute approximate surface area is 113 Å². The second kappa shape index (κ2) is 7.41. The van der Waals surface area contributed by atoms with E-state index in [-0.39, 0.29) is 11.8 Å². The lowest BCUT2D eigenvalue weighted by Crippen LogP contribution is -2.25. The third-order valence-corrected chi connectivity index (χ3v) is 2.74. The number of carbonyl (C=O) groups is 2. The Kier molecular flexibility index (Phi) is 5.85. The summed E-state index contributed by atoms with van der Waals surface area (Å²) < 4.78 is 0. The average Bonchev–Trinajstić information content (AvgIpc) is 2.36. The first kappa shape index (κ1) is 15.0. The van der Waals surface area contributed by atoms with Crippen LogP contribution in [-0.2, 0) is 4.79 Å². The maximum absolute atomic E-state index is 11.9. The highest BCUT2D eigenvalue weighted by molar-refractivity contribution is 5.94. The van der Waals surface area contributed by atoms with Gasteiger partial charge in [0, 0.05) is 30.8 Å². The van der Waals surface area contributed by atoms with Crippen molar-refractivity contribution in [3.8, 4) is 0 Å². The average molecular weight is 263 g/mol. The van der Waals surface area contributed by atoms with Gasteiger partial charge in [-0.05, 0) is 44.0 Å². The van der Waals surface area contributed by atoms with E-state index in [0.29, 0.717) is 24.9 Å². The number of rotatable bonds is 7. The van der Waals surface area contributed by atoms with Gasteiger partial charge >= 0.3 is 0 Å². The number of hydrogen-bond donors (Lipinski definition) is 3. The number of amides is 2. The number of nitrogens with two attached hydrogens (primary N) is 1. The van der Waals surface area contributed by atoms with Crippen LogP contribution in [0.15, 0.2) is 18.2 Å². The molecule has 5 nitrogen and oxygen atoms in total. The van der Waals surface area contributed by atoms with Crippen LogP contribution in [0.25, 0.3) is 0 Å². The topological polar surface area (TPSA) is 84.2 Å². The summed E-state index contributed by atoms with van der Waals surface area (Å²) in [6.07, 6.45) is 0.855. The number of nitrogens with one attached hydrogen (secondary N) is 2. The number of hydrogen-bond acceptors (Lipinski definition) is 3. The van der Waals surface area contributed by atoms with Crippen LogP contribution in [0.5, 0.6) is 0 Å². The summed E-state index contributed by atoms with van der Waals surface area (Å²) >= 11 is 0. The van der Waals surface area contributed by atoms with E-state index in [2.05, 4.69) is 10.6 Å². The zero-order valence-electron chi connectivity index (χ0n) is 11.5. The van der Waals surface area contributed by atoms with Crippen LogP contribution in [0.2, 0.25) is 0 Å². The summed E-state index contributed by atoms with van der Waals surface area (Å²) in [6, 6.07) is 5.53. The summed E-state index contributed by atoms with van der Waals surface area (Å²) in [6.45, 7) is 5.29. The molecule has 0 heterocycles. The van der Waals surface area contributed by atoms with Crippen LogP contribution >= 0.6 is 0 Å². The second-order valence-electron chi connectivity index (χ2n) is 4.39. The SMILES string of the molecule is CCNc1ccc(C(=O)NCCCC(N)=O)cc1C. The molecule has 0 atom stereocenters. The minimum Gasteiger partial charge on any atom is -0.385 e. The predicted molar refractivity (Wildman–Crippen MR) is 76.1 cm³/mol. The third kappa shape index (κ3) is 4.99. The van der Waals surface area contributed by atoms with Gasteiger partial charge in [-0.25, -0.2) is 0 Å². The lowest BCUT2D eigenvalue weighted by molar-refractivity contribution is -0.118. The summed E-state index contributed by atoms with van der Waals surface area (Å²) in [5.41, 5.74) is 7.72. The van der Waals surface area contributed by atoms with E-state index in [4.69, 9.17) is 5.73 Å². The van der Waals surface area contributed by atoms with Crippen molar-refractivity contribution >= 4 is 17.5 Å². The second-order valence-corrected chi connectivity index (χ2v) is 4.39. The fourth-order valence-electron chi connectivity index (χ4n) is 1.76. The Morgan fingerprint density at radius 1 is 1.32 bits per heavy atom. The monoisotopic (exact) mass is 263 g/mol. The highest BCUT2D eigenvalue weighted by atomic mass is 16.2. The molecule has 0 aliphatic rings. The van der Waals surface area contributed by atoms with Crippen molar-refractivity contribution in [1.82, 2.24) is 5.32 Å². The molecule has 1 aromatic rings. The van der Waals surface area contributed by atoms with Crippen LogP contribution in [0.3, 0.4) is 0 Å². The summed E-state index contributed by atoms with van der Waals surface area (Å²) in [4.78, 5) is 22.4. The molecule has 104 valence electrons. The van der Waals surface area contributed by atoms with Gasteiger partial charge in [0.1, 0.15) is 0 Å². The predicted octanol–water partition coefficient (Wildman–Crippen LogP) is 1.42. The zero-order valence-corrected chi connectivity index (χ0v) is 11.5. The molecule has 0 spiro atoms. The van der Waals surface area contributed by atoms with Gasteiger partial charge in [0.25, 0.3) is 5.91 Å².